The molecule has 0 aliphatic carbocycles. The number of carboxylic acids is 1. The van der Waals surface area contributed by atoms with Crippen molar-refractivity contribution >= 4 is 17.3 Å². The highest BCUT2D eigenvalue weighted by molar-refractivity contribution is 5.98. The molecule has 92 valence electrons. The van der Waals surface area contributed by atoms with Crippen LogP contribution in [0.1, 0.15) is 29.8 Å². The van der Waals surface area contributed by atoms with Gasteiger partial charge in [-0.3, -0.25) is 0 Å². The Hall–Kier alpha value is -1.65. The third-order valence-electron chi connectivity index (χ3n) is 3.82. The van der Waals surface area contributed by atoms with Crippen molar-refractivity contribution < 1.29 is 9.90 Å². The van der Waals surface area contributed by atoms with E-state index in [1.165, 1.54) is 19.3 Å². The van der Waals surface area contributed by atoms with Gasteiger partial charge in [-0.15, -0.1) is 0 Å². The predicted molar refractivity (Wildman–Crippen MR) is 65.8 cm³/mol. The quantitative estimate of drug-likeness (QED) is 0.774. The molecule has 0 spiro atoms. The average molecular weight is 235 g/mol. The lowest BCUT2D eigenvalue weighted by Gasteiger charge is -2.41. The van der Waals surface area contributed by atoms with E-state index in [1.807, 2.05) is 6.20 Å². The number of anilines is 2. The number of aryl methyl sites for hydroxylation is 1. The van der Waals surface area contributed by atoms with Crippen LogP contribution < -0.4 is 10.2 Å². The van der Waals surface area contributed by atoms with Crippen LogP contribution in [0.15, 0.2) is 6.20 Å². The second kappa shape index (κ2) is 3.68. The monoisotopic (exact) mass is 235 g/mol. The van der Waals surface area contributed by atoms with Crippen LogP contribution in [0.25, 0.3) is 0 Å². The second-order valence-corrected chi connectivity index (χ2v) is 4.88. The van der Waals surface area contributed by atoms with Crippen molar-refractivity contribution in [1.29, 1.82) is 0 Å². The second-order valence-electron chi connectivity index (χ2n) is 4.88. The molecule has 0 amide bonds. The Morgan fingerprint density at radius 2 is 2.35 bits per heavy atom. The van der Waals surface area contributed by atoms with Crippen LogP contribution in [-0.2, 0) is 7.05 Å². The Morgan fingerprint density at radius 1 is 1.53 bits per heavy atom. The van der Waals surface area contributed by atoms with E-state index in [2.05, 4.69) is 10.2 Å². The minimum Gasteiger partial charge on any atom is -0.477 e. The van der Waals surface area contributed by atoms with E-state index >= 15 is 0 Å². The molecule has 1 saturated heterocycles. The van der Waals surface area contributed by atoms with Crippen LogP contribution in [0.5, 0.6) is 0 Å². The Balaban J connectivity index is 2.06. The van der Waals surface area contributed by atoms with E-state index in [0.29, 0.717) is 11.7 Å². The maximum Gasteiger partial charge on any atom is 0.354 e. The molecule has 0 bridgehead atoms. The number of hydrogen-bond donors (Lipinski definition) is 2. The van der Waals surface area contributed by atoms with E-state index in [4.69, 9.17) is 0 Å². The minimum absolute atomic E-state index is 0.365. The van der Waals surface area contributed by atoms with Gasteiger partial charge in [0.1, 0.15) is 0 Å². The molecule has 5 heteroatoms. The topological polar surface area (TPSA) is 57.5 Å². The number of fused-ring (bicyclic) bond motifs is 3. The van der Waals surface area contributed by atoms with Crippen molar-refractivity contribution in [3.8, 4) is 0 Å². The fraction of sp³-hybridized carbons (Fsp3) is 0.583. The summed E-state index contributed by atoms with van der Waals surface area (Å²) < 4.78 is 1.71. The van der Waals surface area contributed by atoms with Crippen LogP contribution >= 0.6 is 0 Å². The van der Waals surface area contributed by atoms with Crippen LogP contribution in [-0.4, -0.2) is 34.8 Å². The smallest absolute Gasteiger partial charge is 0.354 e. The van der Waals surface area contributed by atoms with Crippen molar-refractivity contribution in [2.24, 2.45) is 7.05 Å². The van der Waals surface area contributed by atoms with Crippen molar-refractivity contribution in [2.75, 3.05) is 23.3 Å². The fourth-order valence-electron chi connectivity index (χ4n) is 3.01. The van der Waals surface area contributed by atoms with Gasteiger partial charge in [0.05, 0.1) is 11.4 Å². The number of carboxylic acid groups (broad SMARTS) is 1. The summed E-state index contributed by atoms with van der Waals surface area (Å²) in [7, 11) is 1.79. The fourth-order valence-corrected chi connectivity index (χ4v) is 3.01. The first kappa shape index (κ1) is 10.5. The molecular weight excluding hydrogens is 218 g/mol. The van der Waals surface area contributed by atoms with Crippen LogP contribution in [0.2, 0.25) is 0 Å². The predicted octanol–water partition coefficient (Wildman–Crippen LogP) is 1.51. The molecule has 2 aliphatic rings. The van der Waals surface area contributed by atoms with Crippen LogP contribution in [0, 0.1) is 0 Å². The number of aromatic carboxylic acids is 1. The normalized spacial score (nSPS) is 22.6. The number of aromatic nitrogens is 1. The first-order valence-electron chi connectivity index (χ1n) is 6.11. The standard InChI is InChI=1S/C12H17N3O2/c1-14-7-9-10(11(14)12(16)17)13-6-8-4-2-3-5-15(8)9/h7-8,13H,2-6H2,1H3,(H,16,17). The highest BCUT2D eigenvalue weighted by atomic mass is 16.4. The molecule has 1 atom stereocenters. The average Bonchev–Trinajstić information content (AvgIpc) is 2.65. The van der Waals surface area contributed by atoms with E-state index in [0.717, 1.165) is 24.5 Å². The maximum absolute atomic E-state index is 11.2. The Morgan fingerprint density at radius 3 is 3.12 bits per heavy atom. The molecule has 0 radical (unpaired) electrons. The van der Waals surface area contributed by atoms with Gasteiger partial charge >= 0.3 is 5.97 Å². The molecule has 2 aliphatic heterocycles. The molecule has 1 aromatic heterocycles. The summed E-state index contributed by atoms with van der Waals surface area (Å²) in [4.78, 5) is 13.6. The summed E-state index contributed by atoms with van der Waals surface area (Å²) in [6.07, 6.45) is 5.61. The van der Waals surface area contributed by atoms with E-state index in [9.17, 15) is 9.90 Å². The van der Waals surface area contributed by atoms with Gasteiger partial charge in [-0.05, 0) is 19.3 Å². The van der Waals surface area contributed by atoms with Gasteiger partial charge in [-0.2, -0.15) is 0 Å². The van der Waals surface area contributed by atoms with Crippen molar-refractivity contribution in [3.05, 3.63) is 11.9 Å². The maximum atomic E-state index is 11.2. The molecule has 1 unspecified atom stereocenters. The van der Waals surface area contributed by atoms with Gasteiger partial charge in [0, 0.05) is 32.4 Å². The van der Waals surface area contributed by atoms with E-state index < -0.39 is 5.97 Å². The molecule has 0 aromatic carbocycles. The molecule has 3 rings (SSSR count). The van der Waals surface area contributed by atoms with Crippen molar-refractivity contribution in [1.82, 2.24) is 4.57 Å². The highest BCUT2D eigenvalue weighted by Crippen LogP contribution is 2.38. The number of hydrogen-bond acceptors (Lipinski definition) is 3. The van der Waals surface area contributed by atoms with Gasteiger partial charge in [0.2, 0.25) is 0 Å². The van der Waals surface area contributed by atoms with Gasteiger partial charge in [0.15, 0.2) is 5.69 Å². The SMILES string of the molecule is Cn1cc2c(c1C(=O)O)NCC1CCCCN21. The zero-order valence-electron chi connectivity index (χ0n) is 9.94. The van der Waals surface area contributed by atoms with Gasteiger partial charge in [0.25, 0.3) is 0 Å². The summed E-state index contributed by atoms with van der Waals surface area (Å²) in [5.74, 6) is -0.864. The summed E-state index contributed by atoms with van der Waals surface area (Å²) >= 11 is 0. The number of nitrogens with one attached hydrogen (secondary N) is 1. The Labute approximate surface area is 100 Å². The molecule has 5 nitrogen and oxygen atoms in total. The Kier molecular flexibility index (Phi) is 2.28. The summed E-state index contributed by atoms with van der Waals surface area (Å²) in [5, 5.41) is 12.5. The molecular formula is C12H17N3O2. The highest BCUT2D eigenvalue weighted by Gasteiger charge is 2.32. The lowest BCUT2D eigenvalue weighted by Crippen LogP contribution is -2.46. The Bertz CT molecular complexity index is 467. The van der Waals surface area contributed by atoms with Crippen molar-refractivity contribution in [3.63, 3.8) is 0 Å². The van der Waals surface area contributed by atoms with Gasteiger partial charge < -0.3 is 19.9 Å². The summed E-state index contributed by atoms with van der Waals surface area (Å²) in [6.45, 7) is 1.90. The van der Waals surface area contributed by atoms with Crippen LogP contribution in [0.3, 0.4) is 0 Å². The van der Waals surface area contributed by atoms with E-state index in [1.54, 1.807) is 11.6 Å². The number of piperidine rings is 1. The number of carbonyl (C=O) groups is 1. The summed E-state index contributed by atoms with van der Waals surface area (Å²) in [5.41, 5.74) is 2.21. The molecule has 1 aromatic rings. The zero-order valence-corrected chi connectivity index (χ0v) is 9.94. The first-order chi connectivity index (χ1) is 8.18. The van der Waals surface area contributed by atoms with E-state index in [-0.39, 0.29) is 0 Å². The third kappa shape index (κ3) is 1.49. The van der Waals surface area contributed by atoms with Crippen molar-refractivity contribution in [2.45, 2.75) is 25.3 Å². The zero-order chi connectivity index (χ0) is 12.0. The molecule has 0 saturated carbocycles. The largest absolute Gasteiger partial charge is 0.477 e. The molecule has 1 fully saturated rings. The number of nitrogens with zero attached hydrogens (tertiary/aromatic N) is 2. The van der Waals surface area contributed by atoms with Gasteiger partial charge in [-0.1, -0.05) is 0 Å². The summed E-state index contributed by atoms with van der Waals surface area (Å²) in [6, 6.07) is 0.528. The molecule has 2 N–H and O–H groups in total. The first-order valence-corrected chi connectivity index (χ1v) is 6.11. The van der Waals surface area contributed by atoms with Crippen LogP contribution in [0.4, 0.5) is 11.4 Å². The van der Waals surface area contributed by atoms with Gasteiger partial charge in [-0.25, -0.2) is 4.79 Å². The molecule has 3 heterocycles. The molecule has 17 heavy (non-hydrogen) atoms. The third-order valence-corrected chi connectivity index (χ3v) is 3.82. The minimum atomic E-state index is -0.864. The lowest BCUT2D eigenvalue weighted by atomic mass is 9.99. The lowest BCUT2D eigenvalue weighted by molar-refractivity contribution is 0.0687. The number of rotatable bonds is 1.